The van der Waals surface area contributed by atoms with Crippen LogP contribution in [0.1, 0.15) is 12.8 Å². The highest BCUT2D eigenvalue weighted by Crippen LogP contribution is 2.21. The van der Waals surface area contributed by atoms with Gasteiger partial charge in [-0.1, -0.05) is 0 Å². The van der Waals surface area contributed by atoms with Gasteiger partial charge in [0.25, 0.3) is 0 Å². The highest BCUT2D eigenvalue weighted by Gasteiger charge is 2.32. The van der Waals surface area contributed by atoms with Crippen LogP contribution >= 0.6 is 12.4 Å². The normalized spacial score (nSPS) is 35.5. The number of halogens is 1. The van der Waals surface area contributed by atoms with E-state index in [1.54, 1.807) is 0 Å². The SMILES string of the molecule is Cl.O=C1O[C@@H]2CC[C@H]1CNC2. The Hall–Kier alpha value is -0.280. The zero-order valence-corrected chi connectivity index (χ0v) is 7.02. The third kappa shape index (κ3) is 1.65. The van der Waals surface area contributed by atoms with Gasteiger partial charge in [-0.25, -0.2) is 0 Å². The molecule has 0 amide bonds. The van der Waals surface area contributed by atoms with Crippen molar-refractivity contribution >= 4 is 18.4 Å². The number of nitrogens with one attached hydrogen (secondary N) is 1. The standard InChI is InChI=1S/C7H11NO2.ClH/c9-7-5-1-2-6(10-7)4-8-3-5;/h5-6,8H,1-4H2;1H/t5-,6+;/m0./s1. The number of carbonyl (C=O) groups is 1. The molecule has 0 unspecified atom stereocenters. The van der Waals surface area contributed by atoms with Crippen LogP contribution in [0.25, 0.3) is 0 Å². The molecule has 2 bridgehead atoms. The summed E-state index contributed by atoms with van der Waals surface area (Å²) >= 11 is 0. The van der Waals surface area contributed by atoms with E-state index in [-0.39, 0.29) is 30.4 Å². The van der Waals surface area contributed by atoms with Crippen LogP contribution in [0.5, 0.6) is 0 Å². The first-order valence-electron chi connectivity index (χ1n) is 3.77. The Labute approximate surface area is 71.9 Å². The van der Waals surface area contributed by atoms with Crippen molar-refractivity contribution in [3.8, 4) is 0 Å². The summed E-state index contributed by atoms with van der Waals surface area (Å²) < 4.78 is 5.11. The Bertz CT molecular complexity index is 159. The minimum absolute atomic E-state index is 0. The van der Waals surface area contributed by atoms with E-state index in [9.17, 15) is 4.79 Å². The Kier molecular flexibility index (Phi) is 2.73. The van der Waals surface area contributed by atoms with Crippen molar-refractivity contribution in [2.24, 2.45) is 5.92 Å². The second-order valence-corrected chi connectivity index (χ2v) is 2.99. The van der Waals surface area contributed by atoms with Gasteiger partial charge in [-0.15, -0.1) is 12.4 Å². The molecule has 0 saturated carbocycles. The van der Waals surface area contributed by atoms with E-state index in [0.717, 1.165) is 25.9 Å². The van der Waals surface area contributed by atoms with E-state index >= 15 is 0 Å². The quantitative estimate of drug-likeness (QED) is 0.542. The molecule has 3 aliphatic heterocycles. The average Bonchev–Trinajstić information content (AvgIpc) is 2.20. The van der Waals surface area contributed by atoms with Gasteiger partial charge >= 0.3 is 5.97 Å². The maximum Gasteiger partial charge on any atom is 0.310 e. The van der Waals surface area contributed by atoms with Crippen molar-refractivity contribution in [2.75, 3.05) is 13.1 Å². The molecule has 0 aromatic carbocycles. The van der Waals surface area contributed by atoms with E-state index in [1.165, 1.54) is 0 Å². The van der Waals surface area contributed by atoms with Crippen LogP contribution in [0, 0.1) is 5.92 Å². The molecule has 4 heteroatoms. The van der Waals surface area contributed by atoms with Crippen molar-refractivity contribution in [3.63, 3.8) is 0 Å². The second-order valence-electron chi connectivity index (χ2n) is 2.99. The fourth-order valence-electron chi connectivity index (χ4n) is 1.57. The molecular formula is C7H12ClNO2. The molecule has 3 fully saturated rings. The smallest absolute Gasteiger partial charge is 0.310 e. The zero-order valence-electron chi connectivity index (χ0n) is 6.21. The fraction of sp³-hybridized carbons (Fsp3) is 0.857. The summed E-state index contributed by atoms with van der Waals surface area (Å²) in [7, 11) is 0. The van der Waals surface area contributed by atoms with Crippen LogP contribution in [0.15, 0.2) is 0 Å². The highest BCUT2D eigenvalue weighted by atomic mass is 35.5. The molecule has 3 heterocycles. The van der Waals surface area contributed by atoms with Gasteiger partial charge in [0.2, 0.25) is 0 Å². The number of esters is 1. The first-order valence-corrected chi connectivity index (χ1v) is 3.77. The zero-order chi connectivity index (χ0) is 6.97. The average molecular weight is 178 g/mol. The first-order chi connectivity index (χ1) is 4.86. The first kappa shape index (κ1) is 8.81. The molecule has 3 nitrogen and oxygen atoms in total. The molecule has 0 aromatic heterocycles. The molecule has 0 radical (unpaired) electrons. The predicted molar refractivity (Wildman–Crippen MR) is 42.7 cm³/mol. The van der Waals surface area contributed by atoms with Crippen molar-refractivity contribution in [1.82, 2.24) is 5.32 Å². The summed E-state index contributed by atoms with van der Waals surface area (Å²) in [4.78, 5) is 11.0. The van der Waals surface area contributed by atoms with Crippen molar-refractivity contribution in [3.05, 3.63) is 0 Å². The molecule has 3 rings (SSSR count). The number of fused-ring (bicyclic) bond motifs is 4. The number of hydrogen-bond acceptors (Lipinski definition) is 3. The van der Waals surface area contributed by atoms with Gasteiger partial charge < -0.3 is 10.1 Å². The van der Waals surface area contributed by atoms with Gasteiger partial charge in [0.15, 0.2) is 0 Å². The largest absolute Gasteiger partial charge is 0.461 e. The Morgan fingerprint density at radius 1 is 1.36 bits per heavy atom. The van der Waals surface area contributed by atoms with Gasteiger partial charge in [-0.2, -0.15) is 0 Å². The minimum Gasteiger partial charge on any atom is -0.461 e. The summed E-state index contributed by atoms with van der Waals surface area (Å²) in [6, 6.07) is 0. The molecule has 0 aliphatic carbocycles. The summed E-state index contributed by atoms with van der Waals surface area (Å²) in [5.41, 5.74) is 0. The lowest BCUT2D eigenvalue weighted by Crippen LogP contribution is -2.29. The summed E-state index contributed by atoms with van der Waals surface area (Å²) in [5, 5.41) is 3.19. The molecule has 3 saturated heterocycles. The van der Waals surface area contributed by atoms with Crippen LogP contribution in [0.4, 0.5) is 0 Å². The van der Waals surface area contributed by atoms with Gasteiger partial charge in [-0.3, -0.25) is 4.79 Å². The maximum atomic E-state index is 11.0. The molecule has 11 heavy (non-hydrogen) atoms. The molecule has 64 valence electrons. The lowest BCUT2D eigenvalue weighted by molar-refractivity contribution is -0.157. The molecule has 2 atom stereocenters. The molecule has 3 aliphatic rings. The van der Waals surface area contributed by atoms with E-state index in [4.69, 9.17) is 4.74 Å². The van der Waals surface area contributed by atoms with Crippen LogP contribution in [-0.4, -0.2) is 25.2 Å². The molecule has 0 spiro atoms. The van der Waals surface area contributed by atoms with Crippen molar-refractivity contribution in [1.29, 1.82) is 0 Å². The Morgan fingerprint density at radius 3 is 2.91 bits per heavy atom. The van der Waals surface area contributed by atoms with Gasteiger partial charge in [0, 0.05) is 13.1 Å². The van der Waals surface area contributed by atoms with Crippen molar-refractivity contribution in [2.45, 2.75) is 18.9 Å². The maximum absolute atomic E-state index is 11.0. The highest BCUT2D eigenvalue weighted by molar-refractivity contribution is 5.85. The third-order valence-electron chi connectivity index (χ3n) is 2.22. The van der Waals surface area contributed by atoms with Crippen LogP contribution in [0.3, 0.4) is 0 Å². The lowest BCUT2D eigenvalue weighted by atomic mass is 10.0. The summed E-state index contributed by atoms with van der Waals surface area (Å²) in [5.74, 6) is 0.139. The Balaban J connectivity index is 0.000000605. The molecule has 1 N–H and O–H groups in total. The van der Waals surface area contributed by atoms with Gasteiger partial charge in [0.1, 0.15) is 6.10 Å². The number of ether oxygens (including phenoxy) is 1. The minimum atomic E-state index is 0. The van der Waals surface area contributed by atoms with E-state index in [0.29, 0.717) is 0 Å². The molecular weight excluding hydrogens is 166 g/mol. The lowest BCUT2D eigenvalue weighted by Gasteiger charge is -2.21. The van der Waals surface area contributed by atoms with E-state index < -0.39 is 0 Å². The predicted octanol–water partition coefficient (Wildman–Crippen LogP) is 0.333. The number of rotatable bonds is 0. The van der Waals surface area contributed by atoms with Crippen LogP contribution in [0.2, 0.25) is 0 Å². The van der Waals surface area contributed by atoms with Gasteiger partial charge in [0.05, 0.1) is 5.92 Å². The monoisotopic (exact) mass is 177 g/mol. The number of hydrogen-bond donors (Lipinski definition) is 1. The van der Waals surface area contributed by atoms with Crippen molar-refractivity contribution < 1.29 is 9.53 Å². The third-order valence-corrected chi connectivity index (χ3v) is 2.22. The van der Waals surface area contributed by atoms with Crippen LogP contribution in [-0.2, 0) is 9.53 Å². The van der Waals surface area contributed by atoms with Crippen LogP contribution < -0.4 is 5.32 Å². The fourth-order valence-corrected chi connectivity index (χ4v) is 1.57. The summed E-state index contributed by atoms with van der Waals surface area (Å²) in [6.45, 7) is 1.66. The Morgan fingerprint density at radius 2 is 2.18 bits per heavy atom. The second kappa shape index (κ2) is 3.41. The summed E-state index contributed by atoms with van der Waals surface area (Å²) in [6.07, 6.45) is 2.21. The number of carbonyl (C=O) groups excluding carboxylic acids is 1. The van der Waals surface area contributed by atoms with E-state index in [1.807, 2.05) is 0 Å². The topological polar surface area (TPSA) is 38.3 Å². The molecule has 0 aromatic rings. The van der Waals surface area contributed by atoms with E-state index in [2.05, 4.69) is 5.32 Å². The van der Waals surface area contributed by atoms with Gasteiger partial charge in [-0.05, 0) is 12.8 Å².